The van der Waals surface area contributed by atoms with Crippen LogP contribution < -0.4 is 15.7 Å². The highest BCUT2D eigenvalue weighted by Gasteiger charge is 2.33. The molecule has 2 aliphatic rings. The first kappa shape index (κ1) is 24.3. The number of carbonyl (C=O) groups is 2. The third-order valence-electron chi connectivity index (χ3n) is 5.75. The first-order chi connectivity index (χ1) is 18.0. The molecular formula is C24H24FN7O5. The summed E-state index contributed by atoms with van der Waals surface area (Å²) < 4.78 is 27.1. The summed E-state index contributed by atoms with van der Waals surface area (Å²) in [5.74, 6) is -0.874. The van der Waals surface area contributed by atoms with E-state index in [2.05, 4.69) is 26.1 Å². The van der Waals surface area contributed by atoms with E-state index in [1.807, 2.05) is 0 Å². The van der Waals surface area contributed by atoms with Gasteiger partial charge in [0, 0.05) is 23.5 Å². The van der Waals surface area contributed by atoms with Crippen molar-refractivity contribution in [2.24, 2.45) is 0 Å². The lowest BCUT2D eigenvalue weighted by Crippen LogP contribution is -2.26. The smallest absolute Gasteiger partial charge is 0.414 e. The number of anilines is 1. The third-order valence-corrected chi connectivity index (χ3v) is 5.75. The van der Waals surface area contributed by atoms with Gasteiger partial charge in [-0.3, -0.25) is 25.0 Å². The number of likely N-dealkylation sites (N-methyl/N-ethyl adjacent to an activating group) is 1. The molecule has 2 atom stereocenters. The molecule has 1 amide bonds. The summed E-state index contributed by atoms with van der Waals surface area (Å²) in [6, 6.07) is 8.04. The number of aromatic nitrogens is 4. The summed E-state index contributed by atoms with van der Waals surface area (Å²) in [6.45, 7) is 0.815. The molecule has 192 valence electrons. The van der Waals surface area contributed by atoms with Crippen molar-refractivity contribution in [3.05, 3.63) is 66.5 Å². The Kier molecular flexibility index (Phi) is 7.05. The monoisotopic (exact) mass is 509 g/mol. The summed E-state index contributed by atoms with van der Waals surface area (Å²) in [7, 11) is 1.66. The largest absolute Gasteiger partial charge is 0.462 e. The van der Waals surface area contributed by atoms with Crippen LogP contribution in [0, 0.1) is 5.82 Å². The second-order valence-corrected chi connectivity index (χ2v) is 8.39. The Morgan fingerprint density at radius 3 is 2.95 bits per heavy atom. The normalized spacial score (nSPS) is 18.9. The molecule has 0 radical (unpaired) electrons. The van der Waals surface area contributed by atoms with Crippen LogP contribution in [0.2, 0.25) is 0 Å². The molecule has 1 fully saturated rings. The molecule has 0 saturated carbocycles. The fourth-order valence-electron chi connectivity index (χ4n) is 3.97. The molecule has 0 aliphatic carbocycles. The van der Waals surface area contributed by atoms with Crippen molar-refractivity contribution >= 4 is 23.4 Å². The SMILES string of the molecule is CNCC(=O)OC[C@@H]1C=C(c2ccc(-c3ccc(N4C[C@H](Cn5ccnn5)OC4=O)cc3F)cn2)NO1. The van der Waals surface area contributed by atoms with Gasteiger partial charge in [-0.05, 0) is 37.4 Å². The number of rotatable bonds is 9. The van der Waals surface area contributed by atoms with Crippen molar-refractivity contribution < 1.29 is 28.3 Å². The number of hydroxylamine groups is 1. The van der Waals surface area contributed by atoms with Gasteiger partial charge in [0.2, 0.25) is 0 Å². The molecule has 12 nitrogen and oxygen atoms in total. The van der Waals surface area contributed by atoms with Gasteiger partial charge in [-0.1, -0.05) is 11.3 Å². The van der Waals surface area contributed by atoms with E-state index >= 15 is 4.39 Å². The Labute approximate surface area is 211 Å². The lowest BCUT2D eigenvalue weighted by atomic mass is 10.1. The van der Waals surface area contributed by atoms with Crippen LogP contribution in [0.5, 0.6) is 0 Å². The van der Waals surface area contributed by atoms with Gasteiger partial charge in [0.1, 0.15) is 24.6 Å². The molecule has 37 heavy (non-hydrogen) atoms. The predicted molar refractivity (Wildman–Crippen MR) is 128 cm³/mol. The molecule has 5 rings (SSSR count). The zero-order valence-electron chi connectivity index (χ0n) is 19.8. The number of nitrogens with zero attached hydrogens (tertiary/aromatic N) is 5. The summed E-state index contributed by atoms with van der Waals surface area (Å²) in [5.41, 5.74) is 5.28. The number of hydrogen-bond donors (Lipinski definition) is 2. The van der Waals surface area contributed by atoms with E-state index in [9.17, 15) is 9.59 Å². The lowest BCUT2D eigenvalue weighted by Gasteiger charge is -2.14. The maximum Gasteiger partial charge on any atom is 0.414 e. The van der Waals surface area contributed by atoms with Gasteiger partial charge in [0.05, 0.1) is 42.9 Å². The van der Waals surface area contributed by atoms with Gasteiger partial charge in [-0.15, -0.1) is 5.10 Å². The van der Waals surface area contributed by atoms with E-state index in [4.69, 9.17) is 14.3 Å². The minimum atomic E-state index is -0.544. The topological polar surface area (TPSA) is 133 Å². The van der Waals surface area contributed by atoms with Gasteiger partial charge in [0.15, 0.2) is 0 Å². The fraction of sp³-hybridized carbons (Fsp3) is 0.292. The van der Waals surface area contributed by atoms with E-state index in [1.54, 1.807) is 60.7 Å². The van der Waals surface area contributed by atoms with Crippen LogP contribution >= 0.6 is 0 Å². The molecule has 2 aromatic heterocycles. The Bertz CT molecular complexity index is 1300. The zero-order valence-corrected chi connectivity index (χ0v) is 19.8. The highest BCUT2D eigenvalue weighted by molar-refractivity contribution is 5.90. The first-order valence-corrected chi connectivity index (χ1v) is 11.5. The van der Waals surface area contributed by atoms with Crippen molar-refractivity contribution in [1.82, 2.24) is 30.8 Å². The van der Waals surface area contributed by atoms with Crippen LogP contribution in [0.25, 0.3) is 16.8 Å². The van der Waals surface area contributed by atoms with Gasteiger partial charge < -0.3 is 14.8 Å². The number of benzene rings is 1. The zero-order chi connectivity index (χ0) is 25.8. The number of halogens is 1. The van der Waals surface area contributed by atoms with Gasteiger partial charge in [-0.2, -0.15) is 0 Å². The summed E-state index contributed by atoms with van der Waals surface area (Å²) in [5, 5.41) is 10.3. The average Bonchev–Trinajstić information content (AvgIpc) is 3.65. The minimum absolute atomic E-state index is 0.0679. The third kappa shape index (κ3) is 5.57. The highest BCUT2D eigenvalue weighted by atomic mass is 19.1. The maximum atomic E-state index is 15.1. The maximum absolute atomic E-state index is 15.1. The van der Waals surface area contributed by atoms with Gasteiger partial charge in [-0.25, -0.2) is 13.9 Å². The number of cyclic esters (lactones) is 1. The number of carbonyl (C=O) groups excluding carboxylic acids is 2. The second kappa shape index (κ2) is 10.7. The van der Waals surface area contributed by atoms with E-state index in [0.29, 0.717) is 34.8 Å². The van der Waals surface area contributed by atoms with Crippen LogP contribution in [0.1, 0.15) is 5.69 Å². The van der Waals surface area contributed by atoms with Crippen LogP contribution in [0.3, 0.4) is 0 Å². The summed E-state index contributed by atoms with van der Waals surface area (Å²) in [4.78, 5) is 35.0. The number of pyridine rings is 1. The average molecular weight is 509 g/mol. The minimum Gasteiger partial charge on any atom is -0.462 e. The number of amides is 1. The second-order valence-electron chi connectivity index (χ2n) is 8.39. The molecule has 0 bridgehead atoms. The molecule has 2 aliphatic heterocycles. The van der Waals surface area contributed by atoms with Crippen LogP contribution in [-0.4, -0.2) is 71.0 Å². The highest BCUT2D eigenvalue weighted by Crippen LogP contribution is 2.30. The lowest BCUT2D eigenvalue weighted by molar-refractivity contribution is -0.146. The van der Waals surface area contributed by atoms with Crippen molar-refractivity contribution in [3.8, 4) is 11.1 Å². The quantitative estimate of drug-likeness (QED) is 0.409. The van der Waals surface area contributed by atoms with Gasteiger partial charge >= 0.3 is 12.1 Å². The van der Waals surface area contributed by atoms with Crippen LogP contribution in [0.15, 0.2) is 55.0 Å². The van der Waals surface area contributed by atoms with Crippen molar-refractivity contribution in [2.75, 3.05) is 31.6 Å². The Balaban J connectivity index is 1.23. The molecular weight excluding hydrogens is 485 g/mol. The molecule has 4 heterocycles. The van der Waals surface area contributed by atoms with Crippen LogP contribution in [-0.2, 0) is 25.7 Å². The van der Waals surface area contributed by atoms with Gasteiger partial charge in [0.25, 0.3) is 0 Å². The number of hydrogen-bond acceptors (Lipinski definition) is 10. The predicted octanol–water partition coefficient (Wildman–Crippen LogP) is 1.51. The fourth-order valence-corrected chi connectivity index (χ4v) is 3.97. The molecule has 13 heteroatoms. The first-order valence-electron chi connectivity index (χ1n) is 11.5. The van der Waals surface area contributed by atoms with Crippen molar-refractivity contribution in [3.63, 3.8) is 0 Å². The Morgan fingerprint density at radius 1 is 1.32 bits per heavy atom. The number of ether oxygens (including phenoxy) is 2. The molecule has 1 aromatic carbocycles. The van der Waals surface area contributed by atoms with Crippen molar-refractivity contribution in [2.45, 2.75) is 18.8 Å². The molecule has 1 saturated heterocycles. The van der Waals surface area contributed by atoms with Crippen molar-refractivity contribution in [1.29, 1.82) is 0 Å². The van der Waals surface area contributed by atoms with E-state index in [1.165, 1.54) is 11.0 Å². The summed E-state index contributed by atoms with van der Waals surface area (Å²) >= 11 is 0. The molecule has 0 unspecified atom stereocenters. The van der Waals surface area contributed by atoms with E-state index in [0.717, 1.165) is 0 Å². The summed E-state index contributed by atoms with van der Waals surface area (Å²) in [6.07, 6.45) is 5.12. The molecule has 0 spiro atoms. The molecule has 3 aromatic rings. The number of nitrogens with one attached hydrogen (secondary N) is 2. The van der Waals surface area contributed by atoms with E-state index < -0.39 is 24.1 Å². The number of esters is 1. The Hall–Kier alpha value is -4.36. The molecule has 2 N–H and O–H groups in total. The Morgan fingerprint density at radius 2 is 2.22 bits per heavy atom. The van der Waals surface area contributed by atoms with E-state index in [-0.39, 0.29) is 25.7 Å². The van der Waals surface area contributed by atoms with Crippen LogP contribution in [0.4, 0.5) is 14.9 Å². The standard InChI is InChI=1S/C24H24FN7O5/c1-26-11-23(33)35-14-17-9-22(29-37-17)21-5-2-15(10-27-21)19-4-3-16(8-20(19)25)32-13-18(36-24(32)34)12-31-7-6-28-30-31/h2-10,17-18,26,29H,11-14H2,1H3/t17-,18-/m0/s1.